The average molecular weight is 100 g/mol. The lowest BCUT2D eigenvalue weighted by Crippen LogP contribution is -2.06. The molecular formula is C5H8O2. The zero-order chi connectivity index (χ0) is 5.86. The van der Waals surface area contributed by atoms with Crippen LogP contribution in [-0.2, 0) is 9.59 Å². The van der Waals surface area contributed by atoms with Gasteiger partial charge in [0, 0.05) is 5.92 Å². The Balaban J connectivity index is 3.56. The lowest BCUT2D eigenvalue weighted by Gasteiger charge is -1.89. The van der Waals surface area contributed by atoms with Crippen LogP contribution >= 0.6 is 0 Å². The molecule has 2 heteroatoms. The van der Waals surface area contributed by atoms with Crippen molar-refractivity contribution < 1.29 is 9.59 Å². The lowest BCUT2D eigenvalue weighted by atomic mass is 10.1. The van der Waals surface area contributed by atoms with E-state index in [1.54, 1.807) is 13.8 Å². The predicted octanol–water partition coefficient (Wildman–Crippen LogP) is 0.410. The third-order valence-corrected chi connectivity index (χ3v) is 0.685. The SMILES string of the molecule is CC(C)C(=O)C=O. The van der Waals surface area contributed by atoms with E-state index in [1.165, 1.54) is 0 Å². The molecule has 40 valence electrons. The van der Waals surface area contributed by atoms with Crippen molar-refractivity contribution >= 4 is 12.1 Å². The Labute approximate surface area is 42.5 Å². The molecule has 0 saturated heterocycles. The first-order chi connectivity index (χ1) is 3.18. The van der Waals surface area contributed by atoms with Crippen molar-refractivity contribution in [1.29, 1.82) is 0 Å². The Morgan fingerprint density at radius 2 is 2.00 bits per heavy atom. The van der Waals surface area contributed by atoms with Gasteiger partial charge in [-0.15, -0.1) is 0 Å². The lowest BCUT2D eigenvalue weighted by molar-refractivity contribution is -0.131. The number of carbonyl (C=O) groups is 2. The van der Waals surface area contributed by atoms with Gasteiger partial charge in [-0.3, -0.25) is 9.59 Å². The summed E-state index contributed by atoms with van der Waals surface area (Å²) in [4.78, 5) is 19.7. The summed E-state index contributed by atoms with van der Waals surface area (Å²) in [7, 11) is 0. The van der Waals surface area contributed by atoms with Gasteiger partial charge in [0.1, 0.15) is 0 Å². The highest BCUT2D eigenvalue weighted by Gasteiger charge is 2.01. The standard InChI is InChI=1S/C5H8O2/c1-4(2)5(7)3-6/h3-4H,1-2H3. The van der Waals surface area contributed by atoms with Crippen LogP contribution in [0, 0.1) is 5.92 Å². The third-order valence-electron chi connectivity index (χ3n) is 0.685. The van der Waals surface area contributed by atoms with Gasteiger partial charge in [0.05, 0.1) is 0 Å². The first-order valence-corrected chi connectivity index (χ1v) is 2.17. The molecule has 0 rings (SSSR count). The number of carbonyl (C=O) groups excluding carboxylic acids is 2. The van der Waals surface area contributed by atoms with Gasteiger partial charge in [-0.25, -0.2) is 0 Å². The fourth-order valence-electron chi connectivity index (χ4n) is 0.136. The Morgan fingerprint density at radius 3 is 2.00 bits per heavy atom. The molecule has 0 radical (unpaired) electrons. The molecule has 0 aliphatic rings. The van der Waals surface area contributed by atoms with Crippen molar-refractivity contribution in [3.63, 3.8) is 0 Å². The van der Waals surface area contributed by atoms with E-state index >= 15 is 0 Å². The fraction of sp³-hybridized carbons (Fsp3) is 0.600. The second-order valence-electron chi connectivity index (χ2n) is 1.67. The Kier molecular flexibility index (Phi) is 2.27. The third kappa shape index (κ3) is 2.09. The van der Waals surface area contributed by atoms with E-state index in [9.17, 15) is 9.59 Å². The number of hydrogen-bond acceptors (Lipinski definition) is 2. The molecule has 0 spiro atoms. The number of rotatable bonds is 2. The van der Waals surface area contributed by atoms with Gasteiger partial charge in [0.15, 0.2) is 12.1 Å². The molecule has 0 unspecified atom stereocenters. The molecule has 0 bridgehead atoms. The van der Waals surface area contributed by atoms with Crippen molar-refractivity contribution in [3.8, 4) is 0 Å². The van der Waals surface area contributed by atoms with E-state index in [2.05, 4.69) is 0 Å². The molecule has 0 aromatic carbocycles. The highest BCUT2D eigenvalue weighted by atomic mass is 16.2. The van der Waals surface area contributed by atoms with Gasteiger partial charge in [0.25, 0.3) is 0 Å². The van der Waals surface area contributed by atoms with Crippen molar-refractivity contribution in [2.24, 2.45) is 5.92 Å². The molecular weight excluding hydrogens is 92.1 g/mol. The summed E-state index contributed by atoms with van der Waals surface area (Å²) in [6.45, 7) is 3.38. The second-order valence-corrected chi connectivity index (χ2v) is 1.67. The van der Waals surface area contributed by atoms with Crippen LogP contribution in [0.4, 0.5) is 0 Å². The largest absolute Gasteiger partial charge is 0.295 e. The zero-order valence-corrected chi connectivity index (χ0v) is 4.47. The van der Waals surface area contributed by atoms with Gasteiger partial charge in [0.2, 0.25) is 0 Å². The summed E-state index contributed by atoms with van der Waals surface area (Å²) in [5.41, 5.74) is 0. The quantitative estimate of drug-likeness (QED) is 0.372. The summed E-state index contributed by atoms with van der Waals surface area (Å²) in [5.74, 6) is -0.475. The smallest absolute Gasteiger partial charge is 0.197 e. The normalized spacial score (nSPS) is 9.00. The van der Waals surface area contributed by atoms with Crippen LogP contribution in [0.5, 0.6) is 0 Å². The Bertz CT molecular complexity index is 84.1. The minimum absolute atomic E-state index is 0.141. The van der Waals surface area contributed by atoms with Crippen LogP contribution in [0.1, 0.15) is 13.8 Å². The Morgan fingerprint density at radius 1 is 1.57 bits per heavy atom. The molecule has 0 N–H and O–H groups in total. The number of hydrogen-bond donors (Lipinski definition) is 0. The molecule has 0 aliphatic carbocycles. The zero-order valence-electron chi connectivity index (χ0n) is 4.47. The van der Waals surface area contributed by atoms with Gasteiger partial charge < -0.3 is 0 Å². The predicted molar refractivity (Wildman–Crippen MR) is 25.9 cm³/mol. The van der Waals surface area contributed by atoms with Crippen LogP contribution < -0.4 is 0 Å². The highest BCUT2D eigenvalue weighted by molar-refractivity contribution is 6.25. The molecule has 0 aliphatic heterocycles. The summed E-state index contributed by atoms with van der Waals surface area (Å²) in [6.07, 6.45) is 0.352. The molecule has 0 atom stereocenters. The van der Waals surface area contributed by atoms with E-state index in [0.717, 1.165) is 0 Å². The molecule has 0 fully saturated rings. The van der Waals surface area contributed by atoms with Crippen LogP contribution in [0.25, 0.3) is 0 Å². The van der Waals surface area contributed by atoms with Gasteiger partial charge in [-0.2, -0.15) is 0 Å². The molecule has 0 amide bonds. The van der Waals surface area contributed by atoms with Crippen LogP contribution in [-0.4, -0.2) is 12.1 Å². The summed E-state index contributed by atoms with van der Waals surface area (Å²) in [6, 6.07) is 0. The minimum Gasteiger partial charge on any atom is -0.295 e. The molecule has 0 aromatic heterocycles. The molecule has 0 aromatic rings. The molecule has 7 heavy (non-hydrogen) atoms. The van der Waals surface area contributed by atoms with Crippen LogP contribution in [0.3, 0.4) is 0 Å². The summed E-state index contributed by atoms with van der Waals surface area (Å²) < 4.78 is 0. The Hall–Kier alpha value is -0.660. The number of ketones is 1. The first kappa shape index (κ1) is 6.34. The van der Waals surface area contributed by atoms with Crippen LogP contribution in [0.15, 0.2) is 0 Å². The first-order valence-electron chi connectivity index (χ1n) is 2.17. The van der Waals surface area contributed by atoms with Crippen LogP contribution in [0.2, 0.25) is 0 Å². The van der Waals surface area contributed by atoms with E-state index in [0.29, 0.717) is 6.29 Å². The number of aldehydes is 1. The van der Waals surface area contributed by atoms with Crippen molar-refractivity contribution in [2.45, 2.75) is 13.8 Å². The average Bonchev–Trinajstić information content (AvgIpc) is 1.65. The van der Waals surface area contributed by atoms with E-state index in [4.69, 9.17) is 0 Å². The van der Waals surface area contributed by atoms with Gasteiger partial charge >= 0.3 is 0 Å². The fourth-order valence-corrected chi connectivity index (χ4v) is 0.136. The molecule has 0 heterocycles. The monoisotopic (exact) mass is 100 g/mol. The van der Waals surface area contributed by atoms with Crippen molar-refractivity contribution in [3.05, 3.63) is 0 Å². The van der Waals surface area contributed by atoms with Crippen molar-refractivity contribution in [1.82, 2.24) is 0 Å². The van der Waals surface area contributed by atoms with Gasteiger partial charge in [-0.05, 0) is 0 Å². The molecule has 0 saturated carbocycles. The van der Waals surface area contributed by atoms with Gasteiger partial charge in [-0.1, -0.05) is 13.8 Å². The maximum atomic E-state index is 10.1. The van der Waals surface area contributed by atoms with E-state index in [-0.39, 0.29) is 11.7 Å². The summed E-state index contributed by atoms with van der Waals surface area (Å²) in [5, 5.41) is 0. The summed E-state index contributed by atoms with van der Waals surface area (Å²) >= 11 is 0. The minimum atomic E-state index is -0.333. The molecule has 2 nitrogen and oxygen atoms in total. The topological polar surface area (TPSA) is 34.1 Å². The van der Waals surface area contributed by atoms with Crippen molar-refractivity contribution in [2.75, 3.05) is 0 Å². The number of Topliss-reactive ketones (excluding diaryl/α,β-unsaturated/α-hetero) is 1. The van der Waals surface area contributed by atoms with E-state index < -0.39 is 0 Å². The van der Waals surface area contributed by atoms with E-state index in [1.807, 2.05) is 0 Å². The maximum Gasteiger partial charge on any atom is 0.197 e. The maximum absolute atomic E-state index is 10.1. The highest BCUT2D eigenvalue weighted by Crippen LogP contribution is 1.88. The second kappa shape index (κ2) is 2.50.